The zero-order valence-corrected chi connectivity index (χ0v) is 15.9. The monoisotopic (exact) mass is 412 g/mol. The van der Waals surface area contributed by atoms with Crippen LogP contribution in [0.2, 0.25) is 0 Å². The maximum absolute atomic E-state index is 12.2. The van der Waals surface area contributed by atoms with Crippen LogP contribution in [-0.2, 0) is 14.6 Å². The first-order valence-corrected chi connectivity index (χ1v) is 9.62. The molecule has 2 aromatic carbocycles. The van der Waals surface area contributed by atoms with Crippen LogP contribution in [0.25, 0.3) is 0 Å². The number of nitrogen functional groups attached to an aromatic ring is 2. The van der Waals surface area contributed by atoms with E-state index in [2.05, 4.69) is 0 Å². The molecule has 28 heavy (non-hydrogen) atoms. The number of sulfone groups is 1. The topological polar surface area (TPSA) is 184 Å². The highest BCUT2D eigenvalue weighted by Gasteiger charge is 2.27. The van der Waals surface area contributed by atoms with E-state index in [9.17, 15) is 13.2 Å². The summed E-state index contributed by atoms with van der Waals surface area (Å²) in [5, 5.41) is 35.1. The smallest absolute Gasteiger partial charge is 0.206 e. The van der Waals surface area contributed by atoms with Gasteiger partial charge in [0.25, 0.3) is 0 Å². The molecule has 0 saturated heterocycles. The third-order valence-electron chi connectivity index (χ3n) is 3.71. The van der Waals surface area contributed by atoms with Gasteiger partial charge in [0.15, 0.2) is 6.29 Å². The van der Waals surface area contributed by atoms with Crippen LogP contribution in [0.4, 0.5) is 11.4 Å². The normalized spacial score (nSPS) is 15.5. The highest BCUT2D eigenvalue weighted by Crippen LogP contribution is 2.22. The summed E-state index contributed by atoms with van der Waals surface area (Å²) in [5.41, 5.74) is 12.1. The lowest BCUT2D eigenvalue weighted by molar-refractivity contribution is -0.132. The molecule has 2 rings (SSSR count). The third-order valence-corrected chi connectivity index (χ3v) is 5.50. The fraction of sp³-hybridized carbons (Fsp3) is 0.278. The highest BCUT2D eigenvalue weighted by atomic mass is 32.2. The number of nitrogens with two attached hydrogens (primary N) is 2. The molecule has 2 aromatic rings. The zero-order chi connectivity index (χ0) is 21.5. The van der Waals surface area contributed by atoms with Gasteiger partial charge < -0.3 is 36.7 Å². The minimum Gasteiger partial charge on any atom is -0.399 e. The van der Waals surface area contributed by atoms with E-state index in [1.54, 1.807) is 24.3 Å². The van der Waals surface area contributed by atoms with Crippen molar-refractivity contribution in [1.82, 2.24) is 0 Å². The summed E-state index contributed by atoms with van der Waals surface area (Å²) in [6, 6.07) is 12.2. The number of carbonyl (C=O) groups excluding carboxylic acids is 1. The molecule has 9 nitrogen and oxygen atoms in total. The second-order valence-electron chi connectivity index (χ2n) is 5.99. The van der Waals surface area contributed by atoms with Crippen LogP contribution >= 0.6 is 0 Å². The van der Waals surface area contributed by atoms with E-state index in [0.29, 0.717) is 11.4 Å². The van der Waals surface area contributed by atoms with Crippen molar-refractivity contribution in [3.05, 3.63) is 48.5 Å². The maximum Gasteiger partial charge on any atom is 0.206 e. The Morgan fingerprint density at radius 3 is 1.43 bits per heavy atom. The van der Waals surface area contributed by atoms with Gasteiger partial charge in [0.1, 0.15) is 18.3 Å². The quantitative estimate of drug-likeness (QED) is 0.264. The number of hydrogen-bond donors (Lipinski definition) is 6. The van der Waals surface area contributed by atoms with Crippen LogP contribution in [-0.4, -0.2) is 59.5 Å². The molecular formula is C18H24N2O7S. The average Bonchev–Trinajstić information content (AvgIpc) is 2.67. The van der Waals surface area contributed by atoms with Crippen LogP contribution < -0.4 is 11.5 Å². The largest absolute Gasteiger partial charge is 0.399 e. The molecule has 0 heterocycles. The average molecular weight is 412 g/mol. The molecule has 10 heteroatoms. The minimum atomic E-state index is -3.48. The van der Waals surface area contributed by atoms with Gasteiger partial charge in [0.05, 0.1) is 15.9 Å². The fourth-order valence-electron chi connectivity index (χ4n) is 2.00. The van der Waals surface area contributed by atoms with E-state index in [-0.39, 0.29) is 16.1 Å². The number of aldehydes is 1. The van der Waals surface area contributed by atoms with E-state index in [1.165, 1.54) is 31.2 Å². The molecule has 0 aliphatic carbocycles. The zero-order valence-electron chi connectivity index (χ0n) is 15.1. The van der Waals surface area contributed by atoms with Gasteiger partial charge in [-0.15, -0.1) is 0 Å². The van der Waals surface area contributed by atoms with Gasteiger partial charge in [-0.2, -0.15) is 0 Å². The molecular weight excluding hydrogens is 388 g/mol. The standard InChI is InChI=1S/C12H12N2O2S.C6H12O5/c13-9-1-5-11(6-2-9)17(15,16)12-7-3-10(14)4-8-12;1-3(8)5(10)6(11)4(9)2-7/h1-8H,13-14H2;2-6,8-11H,1H3/t;3-,4+,5+,6-/m.1/s1. The number of carbonyl (C=O) groups is 1. The predicted molar refractivity (Wildman–Crippen MR) is 103 cm³/mol. The summed E-state index contributed by atoms with van der Waals surface area (Å²) in [5.74, 6) is 0. The number of aliphatic hydroxyl groups is 4. The molecule has 0 unspecified atom stereocenters. The van der Waals surface area contributed by atoms with Gasteiger partial charge in [-0.05, 0) is 55.5 Å². The molecule has 0 aromatic heterocycles. The first-order chi connectivity index (χ1) is 13.0. The van der Waals surface area contributed by atoms with Crippen molar-refractivity contribution < 1.29 is 33.6 Å². The van der Waals surface area contributed by atoms with Crippen molar-refractivity contribution in [2.75, 3.05) is 11.5 Å². The first kappa shape index (κ1) is 23.5. The minimum absolute atomic E-state index is 0.0935. The van der Waals surface area contributed by atoms with E-state index < -0.39 is 34.3 Å². The molecule has 8 N–H and O–H groups in total. The lowest BCUT2D eigenvalue weighted by atomic mass is 10.1. The summed E-state index contributed by atoms with van der Waals surface area (Å²) < 4.78 is 24.3. The summed E-state index contributed by atoms with van der Waals surface area (Å²) in [4.78, 5) is 10.3. The Morgan fingerprint density at radius 2 is 1.14 bits per heavy atom. The lowest BCUT2D eigenvalue weighted by Gasteiger charge is -2.21. The second-order valence-corrected chi connectivity index (χ2v) is 7.94. The molecule has 0 spiro atoms. The van der Waals surface area contributed by atoms with Crippen LogP contribution in [0, 0.1) is 0 Å². The Morgan fingerprint density at radius 1 is 0.786 bits per heavy atom. The Balaban J connectivity index is 0.000000311. The van der Waals surface area contributed by atoms with Crippen molar-refractivity contribution in [3.8, 4) is 0 Å². The number of aliphatic hydroxyl groups excluding tert-OH is 4. The van der Waals surface area contributed by atoms with Crippen LogP contribution in [0.15, 0.2) is 58.3 Å². The van der Waals surface area contributed by atoms with Crippen LogP contribution in [0.5, 0.6) is 0 Å². The molecule has 0 amide bonds. The maximum atomic E-state index is 12.2. The van der Waals surface area contributed by atoms with Crippen molar-refractivity contribution >= 4 is 27.5 Å². The van der Waals surface area contributed by atoms with Gasteiger partial charge in [0.2, 0.25) is 9.84 Å². The highest BCUT2D eigenvalue weighted by molar-refractivity contribution is 7.91. The Labute approximate surface area is 162 Å². The van der Waals surface area contributed by atoms with E-state index in [1.807, 2.05) is 0 Å². The van der Waals surface area contributed by atoms with Gasteiger partial charge in [-0.25, -0.2) is 8.42 Å². The molecule has 0 bridgehead atoms. The Bertz CT molecular complexity index is 801. The van der Waals surface area contributed by atoms with Crippen molar-refractivity contribution in [1.29, 1.82) is 0 Å². The number of benzene rings is 2. The number of hydrogen-bond acceptors (Lipinski definition) is 9. The first-order valence-electron chi connectivity index (χ1n) is 8.14. The van der Waals surface area contributed by atoms with E-state index in [4.69, 9.17) is 31.9 Å². The summed E-state index contributed by atoms with van der Waals surface area (Å²) >= 11 is 0. The van der Waals surface area contributed by atoms with E-state index in [0.717, 1.165) is 0 Å². The van der Waals surface area contributed by atoms with Crippen LogP contribution in [0.3, 0.4) is 0 Å². The Kier molecular flexibility index (Phi) is 8.54. The molecule has 0 aliphatic rings. The van der Waals surface area contributed by atoms with Gasteiger partial charge >= 0.3 is 0 Å². The van der Waals surface area contributed by atoms with Gasteiger partial charge in [-0.1, -0.05) is 0 Å². The molecule has 0 radical (unpaired) electrons. The fourth-order valence-corrected chi connectivity index (χ4v) is 3.26. The second kappa shape index (κ2) is 10.2. The van der Waals surface area contributed by atoms with Gasteiger partial charge in [0, 0.05) is 11.4 Å². The summed E-state index contributed by atoms with van der Waals surface area (Å²) in [6.07, 6.45) is -5.88. The van der Waals surface area contributed by atoms with Gasteiger partial charge in [-0.3, -0.25) is 0 Å². The van der Waals surface area contributed by atoms with Crippen LogP contribution in [0.1, 0.15) is 6.92 Å². The van der Waals surface area contributed by atoms with E-state index >= 15 is 0 Å². The number of rotatable bonds is 6. The van der Waals surface area contributed by atoms with Crippen molar-refractivity contribution in [2.45, 2.75) is 41.1 Å². The molecule has 0 aliphatic heterocycles. The third kappa shape index (κ3) is 6.29. The molecule has 4 atom stereocenters. The van der Waals surface area contributed by atoms with Crippen molar-refractivity contribution in [2.24, 2.45) is 0 Å². The molecule has 0 saturated carbocycles. The lowest BCUT2D eigenvalue weighted by Crippen LogP contribution is -2.43. The Hall–Kier alpha value is -2.50. The summed E-state index contributed by atoms with van der Waals surface area (Å²) in [7, 11) is -3.48. The molecule has 0 fully saturated rings. The van der Waals surface area contributed by atoms with Crippen molar-refractivity contribution in [3.63, 3.8) is 0 Å². The summed E-state index contributed by atoms with van der Waals surface area (Å²) in [6.45, 7) is 1.24. The molecule has 154 valence electrons. The predicted octanol–water partition coefficient (Wildman–Crippen LogP) is -0.667. The SMILES string of the molecule is C[C@@H](O)[C@H](O)[C@H](O)[C@@H](O)C=O.Nc1ccc(S(=O)(=O)c2ccc(N)cc2)cc1. The number of anilines is 2.